The van der Waals surface area contributed by atoms with Crippen molar-refractivity contribution in [3.8, 4) is 0 Å². The molecule has 11 heteroatoms. The van der Waals surface area contributed by atoms with E-state index in [9.17, 15) is 18.0 Å². The Labute approximate surface area is 208 Å². The van der Waals surface area contributed by atoms with Crippen LogP contribution in [0.5, 0.6) is 0 Å². The monoisotopic (exact) mass is 561 g/mol. The fourth-order valence-electron chi connectivity index (χ4n) is 3.18. The van der Waals surface area contributed by atoms with Crippen molar-refractivity contribution in [2.24, 2.45) is 0 Å². The van der Waals surface area contributed by atoms with Crippen molar-refractivity contribution in [1.29, 1.82) is 0 Å². The quantitative estimate of drug-likeness (QED) is 0.325. The lowest BCUT2D eigenvalue weighted by molar-refractivity contribution is 0.0467. The fraction of sp³-hybridized carbons (Fsp3) is 0.0870. The number of pyridine rings is 1. The van der Waals surface area contributed by atoms with Gasteiger partial charge in [0, 0.05) is 28.8 Å². The standard InChI is InChI=1S/C23H17BrClN3O5S/c1-27(19-6-3-5-17(25)11-19)34(31,32)20-7-2-4-15(10-20)23(30)33-14-18-12-22(29)28-13-16(24)8-9-21(28)26-18/h2-13H,14H2,1H3. The molecule has 0 radical (unpaired) electrons. The van der Waals surface area contributed by atoms with Crippen molar-refractivity contribution in [2.75, 3.05) is 11.4 Å². The molecule has 0 amide bonds. The Balaban J connectivity index is 1.53. The first-order valence-corrected chi connectivity index (χ1v) is 12.5. The van der Waals surface area contributed by atoms with Crippen LogP contribution in [0.25, 0.3) is 5.65 Å². The second kappa shape index (κ2) is 9.57. The van der Waals surface area contributed by atoms with E-state index in [1.165, 1.54) is 47.8 Å². The third-order valence-corrected chi connectivity index (χ3v) is 7.41. The van der Waals surface area contributed by atoms with E-state index in [1.807, 2.05) is 0 Å². The van der Waals surface area contributed by atoms with Gasteiger partial charge in [0.15, 0.2) is 0 Å². The van der Waals surface area contributed by atoms with Crippen molar-refractivity contribution in [3.05, 3.63) is 104 Å². The number of hydrogen-bond acceptors (Lipinski definition) is 6. The number of esters is 1. The van der Waals surface area contributed by atoms with Gasteiger partial charge in [-0.05, 0) is 64.5 Å². The maximum Gasteiger partial charge on any atom is 0.338 e. The molecule has 2 heterocycles. The number of hydrogen-bond donors (Lipinski definition) is 0. The first kappa shape index (κ1) is 23.9. The van der Waals surface area contributed by atoms with Gasteiger partial charge in [-0.25, -0.2) is 18.2 Å². The van der Waals surface area contributed by atoms with Gasteiger partial charge in [-0.3, -0.25) is 13.5 Å². The summed E-state index contributed by atoms with van der Waals surface area (Å²) in [4.78, 5) is 29.1. The lowest BCUT2D eigenvalue weighted by Crippen LogP contribution is -2.26. The second-order valence-electron chi connectivity index (χ2n) is 7.22. The highest BCUT2D eigenvalue weighted by Crippen LogP contribution is 2.25. The van der Waals surface area contributed by atoms with Crippen LogP contribution in [-0.2, 0) is 21.4 Å². The van der Waals surface area contributed by atoms with E-state index in [0.717, 1.165) is 8.78 Å². The van der Waals surface area contributed by atoms with Gasteiger partial charge in [0.05, 0.1) is 21.8 Å². The molecule has 0 aliphatic heterocycles. The number of carbonyl (C=O) groups excluding carboxylic acids is 1. The summed E-state index contributed by atoms with van der Waals surface area (Å²) in [5.74, 6) is -0.750. The summed E-state index contributed by atoms with van der Waals surface area (Å²) in [5.41, 5.74) is 0.765. The number of rotatable bonds is 6. The average Bonchev–Trinajstić information content (AvgIpc) is 2.82. The zero-order valence-electron chi connectivity index (χ0n) is 17.7. The largest absolute Gasteiger partial charge is 0.456 e. The summed E-state index contributed by atoms with van der Waals surface area (Å²) >= 11 is 9.27. The Kier molecular flexibility index (Phi) is 6.74. The van der Waals surface area contributed by atoms with Crippen LogP contribution < -0.4 is 9.86 Å². The number of carbonyl (C=O) groups is 1. The summed E-state index contributed by atoms with van der Waals surface area (Å²) < 4.78 is 34.6. The van der Waals surface area contributed by atoms with E-state index in [0.29, 0.717) is 16.4 Å². The fourth-order valence-corrected chi connectivity index (χ4v) is 4.93. The summed E-state index contributed by atoms with van der Waals surface area (Å²) in [5, 5.41) is 0.395. The van der Waals surface area contributed by atoms with E-state index < -0.39 is 16.0 Å². The highest BCUT2D eigenvalue weighted by molar-refractivity contribution is 9.10. The van der Waals surface area contributed by atoms with Gasteiger partial charge in [-0.15, -0.1) is 0 Å². The number of nitrogens with zero attached hydrogens (tertiary/aromatic N) is 3. The molecule has 2 aromatic carbocycles. The molecule has 8 nitrogen and oxygen atoms in total. The third-order valence-electron chi connectivity index (χ3n) is 4.93. The average molecular weight is 563 g/mol. The number of halogens is 2. The molecule has 174 valence electrons. The Morgan fingerprint density at radius 2 is 1.88 bits per heavy atom. The van der Waals surface area contributed by atoms with Gasteiger partial charge >= 0.3 is 5.97 Å². The number of fused-ring (bicyclic) bond motifs is 1. The van der Waals surface area contributed by atoms with E-state index in [4.69, 9.17) is 16.3 Å². The van der Waals surface area contributed by atoms with Crippen LogP contribution in [0.15, 0.2) is 87.1 Å². The maximum absolute atomic E-state index is 13.1. The zero-order chi connectivity index (χ0) is 24.5. The molecule has 0 fully saturated rings. The van der Waals surface area contributed by atoms with Crippen LogP contribution in [0.2, 0.25) is 5.02 Å². The Morgan fingerprint density at radius 3 is 2.65 bits per heavy atom. The summed E-state index contributed by atoms with van der Waals surface area (Å²) in [7, 11) is -2.56. The molecule has 0 bridgehead atoms. The summed E-state index contributed by atoms with van der Waals surface area (Å²) in [6, 6.07) is 16.6. The second-order valence-corrected chi connectivity index (χ2v) is 10.5. The zero-order valence-corrected chi connectivity index (χ0v) is 20.8. The Hall–Kier alpha value is -3.21. The molecule has 4 aromatic rings. The topological polar surface area (TPSA) is 98.0 Å². The smallest absolute Gasteiger partial charge is 0.338 e. The number of sulfonamides is 1. The van der Waals surface area contributed by atoms with E-state index in [2.05, 4.69) is 20.9 Å². The predicted molar refractivity (Wildman–Crippen MR) is 132 cm³/mol. The number of aromatic nitrogens is 2. The third kappa shape index (κ3) is 4.98. The van der Waals surface area contributed by atoms with Gasteiger partial charge < -0.3 is 4.74 Å². The molecule has 0 aliphatic rings. The lowest BCUT2D eigenvalue weighted by atomic mass is 10.2. The highest BCUT2D eigenvalue weighted by atomic mass is 79.9. The molecule has 0 spiro atoms. The lowest BCUT2D eigenvalue weighted by Gasteiger charge is -2.20. The number of benzene rings is 2. The van der Waals surface area contributed by atoms with Crippen molar-refractivity contribution in [3.63, 3.8) is 0 Å². The minimum Gasteiger partial charge on any atom is -0.456 e. The minimum absolute atomic E-state index is 0.0435. The summed E-state index contributed by atoms with van der Waals surface area (Å²) in [6.45, 7) is -0.250. The van der Waals surface area contributed by atoms with Crippen molar-refractivity contribution in [2.45, 2.75) is 11.5 Å². The van der Waals surface area contributed by atoms with Crippen molar-refractivity contribution >= 4 is 54.9 Å². The van der Waals surface area contributed by atoms with E-state index in [1.54, 1.807) is 36.5 Å². The molecule has 4 rings (SSSR count). The van der Waals surface area contributed by atoms with Gasteiger partial charge in [0.1, 0.15) is 12.3 Å². The predicted octanol–water partition coefficient (Wildman–Crippen LogP) is 4.29. The Morgan fingerprint density at radius 1 is 1.12 bits per heavy atom. The first-order chi connectivity index (χ1) is 16.1. The summed E-state index contributed by atoms with van der Waals surface area (Å²) in [6.07, 6.45) is 1.59. The van der Waals surface area contributed by atoms with Crippen LogP contribution >= 0.6 is 27.5 Å². The highest BCUT2D eigenvalue weighted by Gasteiger charge is 2.23. The molecule has 34 heavy (non-hydrogen) atoms. The van der Waals surface area contributed by atoms with Gasteiger partial charge in [-0.2, -0.15) is 0 Å². The molecule has 0 saturated carbocycles. The van der Waals surface area contributed by atoms with Crippen LogP contribution in [0.4, 0.5) is 5.69 Å². The van der Waals surface area contributed by atoms with Crippen LogP contribution in [0.1, 0.15) is 16.1 Å². The van der Waals surface area contributed by atoms with Crippen molar-refractivity contribution < 1.29 is 17.9 Å². The molecule has 0 saturated heterocycles. The van der Waals surface area contributed by atoms with Crippen LogP contribution in [0, 0.1) is 0 Å². The normalized spacial score (nSPS) is 11.4. The minimum atomic E-state index is -3.96. The van der Waals surface area contributed by atoms with Crippen LogP contribution in [0.3, 0.4) is 0 Å². The molecule has 0 N–H and O–H groups in total. The SMILES string of the molecule is CN(c1cccc(Cl)c1)S(=O)(=O)c1cccc(C(=O)OCc2cc(=O)n3cc(Br)ccc3n2)c1. The Bertz CT molecular complexity index is 1570. The van der Waals surface area contributed by atoms with E-state index in [-0.39, 0.29) is 28.3 Å². The van der Waals surface area contributed by atoms with Gasteiger partial charge in [0.2, 0.25) is 0 Å². The molecule has 0 aliphatic carbocycles. The number of ether oxygens (including phenoxy) is 1. The molecule has 0 atom stereocenters. The van der Waals surface area contributed by atoms with Gasteiger partial charge in [-0.1, -0.05) is 23.7 Å². The van der Waals surface area contributed by atoms with Crippen molar-refractivity contribution in [1.82, 2.24) is 9.38 Å². The molecule has 2 aromatic heterocycles. The first-order valence-electron chi connectivity index (χ1n) is 9.85. The molecular weight excluding hydrogens is 546 g/mol. The van der Waals surface area contributed by atoms with Crippen LogP contribution in [-0.4, -0.2) is 30.8 Å². The maximum atomic E-state index is 13.1. The number of anilines is 1. The van der Waals surface area contributed by atoms with E-state index >= 15 is 0 Å². The van der Waals surface area contributed by atoms with Gasteiger partial charge in [0.25, 0.3) is 15.6 Å². The molecule has 0 unspecified atom stereocenters. The molecular formula is C23H17BrClN3O5S.